The van der Waals surface area contributed by atoms with E-state index in [1.54, 1.807) is 25.7 Å². The highest BCUT2D eigenvalue weighted by atomic mass is 32.1. The van der Waals surface area contributed by atoms with Crippen molar-refractivity contribution in [1.29, 1.82) is 0 Å². The van der Waals surface area contributed by atoms with Gasteiger partial charge in [0.2, 0.25) is 5.91 Å². The van der Waals surface area contributed by atoms with E-state index in [9.17, 15) is 19.2 Å². The summed E-state index contributed by atoms with van der Waals surface area (Å²) >= 11 is 0.966. The summed E-state index contributed by atoms with van der Waals surface area (Å²) < 4.78 is 10.7. The smallest absolute Gasteiger partial charge is 0.341 e. The molecule has 2 aliphatic heterocycles. The van der Waals surface area contributed by atoms with Crippen molar-refractivity contribution in [2.24, 2.45) is 5.73 Å². The maximum Gasteiger partial charge on any atom is 0.341 e. The van der Waals surface area contributed by atoms with Crippen LogP contribution in [0.2, 0.25) is 0 Å². The number of rotatable bonds is 7. The highest BCUT2D eigenvalue weighted by Crippen LogP contribution is 2.33. The average molecular weight is 467 g/mol. The molecular formula is C21H30N4O6S. The summed E-state index contributed by atoms with van der Waals surface area (Å²) in [5, 5.41) is 2.98. The fraction of sp³-hybridized carbons (Fsp3) is 0.619. The zero-order chi connectivity index (χ0) is 23.4. The van der Waals surface area contributed by atoms with Gasteiger partial charge in [-0.2, -0.15) is 0 Å². The molecule has 1 aromatic rings. The van der Waals surface area contributed by atoms with E-state index in [4.69, 9.17) is 15.2 Å². The third kappa shape index (κ3) is 5.64. The lowest BCUT2D eigenvalue weighted by Crippen LogP contribution is -2.52. The molecule has 3 amide bonds. The van der Waals surface area contributed by atoms with Crippen molar-refractivity contribution < 1.29 is 28.7 Å². The number of amides is 3. The highest BCUT2D eigenvalue weighted by Gasteiger charge is 2.31. The molecule has 0 radical (unpaired) electrons. The Bertz CT molecular complexity index is 885. The number of thiophene rings is 1. The molecule has 0 bridgehead atoms. The molecule has 32 heavy (non-hydrogen) atoms. The van der Waals surface area contributed by atoms with Gasteiger partial charge < -0.3 is 25.4 Å². The molecule has 0 aromatic carbocycles. The third-order valence-corrected chi connectivity index (χ3v) is 6.65. The van der Waals surface area contributed by atoms with E-state index in [-0.39, 0.29) is 46.0 Å². The number of hydrogen-bond donors (Lipinski definition) is 2. The van der Waals surface area contributed by atoms with Crippen LogP contribution in [0.4, 0.5) is 5.00 Å². The van der Waals surface area contributed by atoms with Gasteiger partial charge in [-0.15, -0.1) is 11.3 Å². The van der Waals surface area contributed by atoms with Crippen LogP contribution in [0.5, 0.6) is 0 Å². The summed E-state index contributed by atoms with van der Waals surface area (Å²) in [6, 6.07) is 0. The fourth-order valence-corrected chi connectivity index (χ4v) is 4.89. The largest absolute Gasteiger partial charge is 0.459 e. The molecule has 2 fully saturated rings. The van der Waals surface area contributed by atoms with E-state index in [0.29, 0.717) is 38.3 Å². The van der Waals surface area contributed by atoms with Gasteiger partial charge in [-0.1, -0.05) is 0 Å². The van der Waals surface area contributed by atoms with Gasteiger partial charge in [-0.05, 0) is 39.2 Å². The molecular weight excluding hydrogens is 436 g/mol. The van der Waals surface area contributed by atoms with Gasteiger partial charge >= 0.3 is 5.97 Å². The Hall–Kier alpha value is -2.50. The first kappa shape index (κ1) is 24.1. The molecule has 2 aliphatic rings. The van der Waals surface area contributed by atoms with Crippen molar-refractivity contribution in [2.75, 3.05) is 44.6 Å². The van der Waals surface area contributed by atoms with Gasteiger partial charge in [0.05, 0.1) is 23.1 Å². The molecule has 10 nitrogen and oxygen atoms in total. The Morgan fingerprint density at radius 2 is 1.91 bits per heavy atom. The van der Waals surface area contributed by atoms with E-state index < -0.39 is 11.9 Å². The van der Waals surface area contributed by atoms with Crippen molar-refractivity contribution in [3.63, 3.8) is 0 Å². The standard InChI is InChI=1S/C21H30N4O6S/c1-12(2)31-21(29)16-13(3)17(18(22)27)32-19(16)23-15(26)11-24-6-8-25(9-7-24)20(28)14-5-4-10-30-14/h12,14H,4-11H2,1-3H3,(H2,22,27)(H,23,26). The molecule has 1 atom stereocenters. The molecule has 2 saturated heterocycles. The SMILES string of the molecule is Cc1c(C(N)=O)sc(NC(=O)CN2CCN(C(=O)C3CCCO3)CC2)c1C(=O)OC(C)C. The van der Waals surface area contributed by atoms with Crippen LogP contribution in [0.25, 0.3) is 0 Å². The van der Waals surface area contributed by atoms with Crippen molar-refractivity contribution in [3.05, 3.63) is 16.0 Å². The number of nitrogens with one attached hydrogen (secondary N) is 1. The minimum atomic E-state index is -0.668. The first-order valence-corrected chi connectivity index (χ1v) is 11.6. The first-order valence-electron chi connectivity index (χ1n) is 10.7. The zero-order valence-electron chi connectivity index (χ0n) is 18.6. The number of hydrogen-bond acceptors (Lipinski definition) is 8. The second-order valence-electron chi connectivity index (χ2n) is 8.23. The van der Waals surface area contributed by atoms with Crippen LogP contribution in [0.3, 0.4) is 0 Å². The van der Waals surface area contributed by atoms with E-state index in [1.165, 1.54) is 0 Å². The second kappa shape index (κ2) is 10.4. The van der Waals surface area contributed by atoms with Crippen LogP contribution >= 0.6 is 11.3 Å². The Labute approximate surface area is 191 Å². The first-order chi connectivity index (χ1) is 15.2. The van der Waals surface area contributed by atoms with Crippen LogP contribution in [0.15, 0.2) is 0 Å². The second-order valence-corrected chi connectivity index (χ2v) is 9.25. The van der Waals surface area contributed by atoms with Crippen LogP contribution in [0.1, 0.15) is 52.3 Å². The summed E-state index contributed by atoms with van der Waals surface area (Å²) in [5.74, 6) is -1.58. The maximum atomic E-state index is 12.7. The number of esters is 1. The number of piperazine rings is 1. The summed E-state index contributed by atoms with van der Waals surface area (Å²) in [7, 11) is 0. The van der Waals surface area contributed by atoms with Crippen molar-refractivity contribution in [1.82, 2.24) is 9.80 Å². The number of carbonyl (C=O) groups is 4. The summed E-state index contributed by atoms with van der Waals surface area (Å²) in [4.78, 5) is 53.3. The lowest BCUT2D eigenvalue weighted by Gasteiger charge is -2.35. The molecule has 0 saturated carbocycles. The lowest BCUT2D eigenvalue weighted by atomic mass is 10.1. The van der Waals surface area contributed by atoms with Gasteiger partial charge in [0.15, 0.2) is 0 Å². The molecule has 176 valence electrons. The minimum Gasteiger partial charge on any atom is -0.459 e. The average Bonchev–Trinajstić information content (AvgIpc) is 3.35. The molecule has 0 aliphatic carbocycles. The van der Waals surface area contributed by atoms with Gasteiger partial charge in [0.1, 0.15) is 11.1 Å². The Morgan fingerprint density at radius 1 is 1.22 bits per heavy atom. The van der Waals surface area contributed by atoms with Gasteiger partial charge in [0.25, 0.3) is 11.8 Å². The van der Waals surface area contributed by atoms with Crippen LogP contribution in [0, 0.1) is 6.92 Å². The van der Waals surface area contributed by atoms with Crippen molar-refractivity contribution in [2.45, 2.75) is 45.8 Å². The predicted molar refractivity (Wildman–Crippen MR) is 119 cm³/mol. The minimum absolute atomic E-state index is 0.0213. The van der Waals surface area contributed by atoms with Gasteiger partial charge in [-0.3, -0.25) is 19.3 Å². The van der Waals surface area contributed by atoms with Crippen LogP contribution < -0.4 is 11.1 Å². The fourth-order valence-electron chi connectivity index (χ4n) is 3.83. The number of ether oxygens (including phenoxy) is 2. The normalized spacial score (nSPS) is 19.2. The van der Waals surface area contributed by atoms with E-state index in [0.717, 1.165) is 24.2 Å². The third-order valence-electron chi connectivity index (χ3n) is 5.43. The number of anilines is 1. The Morgan fingerprint density at radius 3 is 2.47 bits per heavy atom. The monoisotopic (exact) mass is 466 g/mol. The van der Waals surface area contributed by atoms with E-state index in [1.807, 2.05) is 4.90 Å². The van der Waals surface area contributed by atoms with Crippen LogP contribution in [-0.2, 0) is 19.1 Å². The summed E-state index contributed by atoms with van der Waals surface area (Å²) in [6.07, 6.45) is 0.978. The van der Waals surface area contributed by atoms with Crippen LogP contribution in [-0.4, -0.2) is 85.0 Å². The molecule has 1 aromatic heterocycles. The lowest BCUT2D eigenvalue weighted by molar-refractivity contribution is -0.142. The molecule has 1 unspecified atom stereocenters. The topological polar surface area (TPSA) is 131 Å². The van der Waals surface area contributed by atoms with Crippen molar-refractivity contribution in [3.8, 4) is 0 Å². The van der Waals surface area contributed by atoms with Gasteiger partial charge in [-0.25, -0.2) is 4.79 Å². The van der Waals surface area contributed by atoms with E-state index in [2.05, 4.69) is 5.32 Å². The Balaban J connectivity index is 1.60. The molecule has 3 N–H and O–H groups in total. The van der Waals surface area contributed by atoms with Crippen molar-refractivity contribution >= 4 is 40.0 Å². The molecule has 3 heterocycles. The molecule has 3 rings (SSSR count). The van der Waals surface area contributed by atoms with E-state index >= 15 is 0 Å². The quantitative estimate of drug-likeness (QED) is 0.573. The summed E-state index contributed by atoms with van der Waals surface area (Å²) in [6.45, 7) is 7.95. The maximum absolute atomic E-state index is 12.7. The highest BCUT2D eigenvalue weighted by molar-refractivity contribution is 7.18. The number of primary amides is 1. The zero-order valence-corrected chi connectivity index (χ0v) is 19.5. The number of nitrogens with two attached hydrogens (primary N) is 1. The molecule has 11 heteroatoms. The van der Waals surface area contributed by atoms with Gasteiger partial charge in [0, 0.05) is 32.8 Å². The predicted octanol–water partition coefficient (Wildman–Crippen LogP) is 0.982. The summed E-state index contributed by atoms with van der Waals surface area (Å²) in [5.41, 5.74) is 5.96. The molecule has 0 spiro atoms. The number of nitrogens with zero attached hydrogens (tertiary/aromatic N) is 2. The number of carbonyl (C=O) groups excluding carboxylic acids is 4. The Kier molecular flexibility index (Phi) is 7.86.